The Morgan fingerprint density at radius 3 is 2.39 bits per heavy atom. The molecule has 1 N–H and O–H groups in total. The average molecular weight is 511 g/mol. The number of likely N-dealkylation sites (tertiary alicyclic amines) is 1. The lowest BCUT2D eigenvalue weighted by Crippen LogP contribution is -2.68. The normalized spacial score (nSPS) is 25.2. The molecule has 38 heavy (non-hydrogen) atoms. The van der Waals surface area contributed by atoms with E-state index in [1.54, 1.807) is 36.4 Å². The minimum absolute atomic E-state index is 0.0142. The maximum absolute atomic E-state index is 14.3. The van der Waals surface area contributed by atoms with Gasteiger partial charge in [0.05, 0.1) is 5.69 Å². The average Bonchev–Trinajstić information content (AvgIpc) is 2.90. The van der Waals surface area contributed by atoms with Gasteiger partial charge in [0.15, 0.2) is 0 Å². The number of carbonyl (C=O) groups is 3. The van der Waals surface area contributed by atoms with Gasteiger partial charge in [0.2, 0.25) is 5.91 Å². The number of benzene rings is 2. The highest BCUT2D eigenvalue weighted by molar-refractivity contribution is 6.30. The number of urea groups is 1. The number of carbonyl (C=O) groups excluding carboxylic acids is 3. The molecular formula is C30H30N4O4. The van der Waals surface area contributed by atoms with Crippen LogP contribution in [0.4, 0.5) is 10.5 Å². The van der Waals surface area contributed by atoms with Crippen LogP contribution in [0.1, 0.15) is 29.2 Å². The molecule has 4 heterocycles. The SMILES string of the molecule is Cc1ccc(CC2(CN3C[C@H]4C[C@@H](C3)c3cccc(=O)n3C4)C(=O)NC(=O)N(c3ccccc3)C2=O)cc1. The topological polar surface area (TPSA) is 91.7 Å². The van der Waals surface area contributed by atoms with Crippen molar-refractivity contribution in [3.05, 3.63) is 100.0 Å². The molecule has 2 saturated heterocycles. The van der Waals surface area contributed by atoms with Gasteiger partial charge in [0, 0.05) is 43.9 Å². The molecule has 0 radical (unpaired) electrons. The fourth-order valence-corrected chi connectivity index (χ4v) is 6.40. The maximum atomic E-state index is 14.3. The molecule has 1 unspecified atom stereocenters. The smallest absolute Gasteiger partial charge is 0.312 e. The number of imide groups is 2. The van der Waals surface area contributed by atoms with Crippen LogP contribution < -0.4 is 15.8 Å². The van der Waals surface area contributed by atoms with Gasteiger partial charge in [-0.25, -0.2) is 9.69 Å². The molecule has 8 nitrogen and oxygen atoms in total. The second kappa shape index (κ2) is 9.36. The Balaban J connectivity index is 1.38. The molecule has 4 amide bonds. The first-order valence-electron chi connectivity index (χ1n) is 13.1. The summed E-state index contributed by atoms with van der Waals surface area (Å²) in [6, 6.07) is 21.2. The van der Waals surface area contributed by atoms with Gasteiger partial charge in [0.1, 0.15) is 5.41 Å². The zero-order chi connectivity index (χ0) is 26.4. The third-order valence-corrected chi connectivity index (χ3v) is 8.16. The summed E-state index contributed by atoms with van der Waals surface area (Å²) in [5.41, 5.74) is 1.91. The molecule has 3 aromatic rings. The van der Waals surface area contributed by atoms with Gasteiger partial charge < -0.3 is 9.47 Å². The lowest BCUT2D eigenvalue weighted by atomic mass is 9.75. The molecule has 6 rings (SSSR count). The number of rotatable bonds is 5. The van der Waals surface area contributed by atoms with Crippen molar-refractivity contribution in [1.29, 1.82) is 0 Å². The highest BCUT2D eigenvalue weighted by atomic mass is 16.2. The monoisotopic (exact) mass is 510 g/mol. The number of nitrogens with one attached hydrogen (secondary N) is 1. The largest absolute Gasteiger partial charge is 0.335 e. The number of aromatic nitrogens is 1. The Morgan fingerprint density at radius 2 is 1.63 bits per heavy atom. The van der Waals surface area contributed by atoms with Gasteiger partial charge in [-0.15, -0.1) is 0 Å². The number of nitrogens with zero attached hydrogens (tertiary/aromatic N) is 3. The van der Waals surface area contributed by atoms with Gasteiger partial charge >= 0.3 is 6.03 Å². The number of hydrogen-bond donors (Lipinski definition) is 1. The Morgan fingerprint density at radius 1 is 0.868 bits per heavy atom. The number of para-hydroxylation sites is 1. The van der Waals surface area contributed by atoms with Crippen LogP contribution in [-0.2, 0) is 22.6 Å². The van der Waals surface area contributed by atoms with E-state index in [0.717, 1.165) is 28.1 Å². The van der Waals surface area contributed by atoms with Crippen molar-refractivity contribution >= 4 is 23.5 Å². The number of anilines is 1. The highest BCUT2D eigenvalue weighted by Crippen LogP contribution is 2.39. The number of hydrogen-bond acceptors (Lipinski definition) is 5. The Kier molecular flexibility index (Phi) is 5.99. The molecule has 194 valence electrons. The van der Waals surface area contributed by atoms with Crippen LogP contribution >= 0.6 is 0 Å². The minimum atomic E-state index is -1.49. The van der Waals surface area contributed by atoms with E-state index in [9.17, 15) is 19.2 Å². The summed E-state index contributed by atoms with van der Waals surface area (Å²) in [4.78, 5) is 56.7. The number of aryl methyl sites for hydroxylation is 1. The molecular weight excluding hydrogens is 480 g/mol. The van der Waals surface area contributed by atoms with E-state index in [2.05, 4.69) is 10.2 Å². The molecule has 8 heteroatoms. The highest BCUT2D eigenvalue weighted by Gasteiger charge is 2.55. The summed E-state index contributed by atoms with van der Waals surface area (Å²) in [5, 5.41) is 2.50. The van der Waals surface area contributed by atoms with E-state index >= 15 is 0 Å². The van der Waals surface area contributed by atoms with Gasteiger partial charge in [-0.2, -0.15) is 0 Å². The minimum Gasteiger partial charge on any atom is -0.312 e. The van der Waals surface area contributed by atoms with Crippen LogP contribution in [0.25, 0.3) is 0 Å². The molecule has 2 bridgehead atoms. The van der Waals surface area contributed by atoms with E-state index < -0.39 is 23.3 Å². The number of piperidine rings is 1. The Hall–Kier alpha value is -4.04. The van der Waals surface area contributed by atoms with E-state index in [-0.39, 0.29) is 30.4 Å². The number of pyridine rings is 1. The predicted octanol–water partition coefficient (Wildman–Crippen LogP) is 3.09. The molecule has 1 aromatic heterocycles. The first-order valence-corrected chi connectivity index (χ1v) is 13.1. The van der Waals surface area contributed by atoms with Gasteiger partial charge in [-0.05, 0) is 49.4 Å². The number of barbiturate groups is 1. The summed E-state index contributed by atoms with van der Waals surface area (Å²) >= 11 is 0. The molecule has 3 aliphatic rings. The fraction of sp³-hybridized carbons (Fsp3) is 0.333. The first kappa shape index (κ1) is 24.3. The third-order valence-electron chi connectivity index (χ3n) is 8.16. The second-order valence-corrected chi connectivity index (χ2v) is 10.9. The molecule has 0 aliphatic carbocycles. The van der Waals surface area contributed by atoms with Crippen molar-refractivity contribution in [2.75, 3.05) is 24.5 Å². The zero-order valence-electron chi connectivity index (χ0n) is 21.3. The van der Waals surface area contributed by atoms with Gasteiger partial charge in [-0.1, -0.05) is 54.1 Å². The maximum Gasteiger partial charge on any atom is 0.335 e. The van der Waals surface area contributed by atoms with E-state index in [1.165, 1.54) is 0 Å². The third kappa shape index (κ3) is 4.15. The number of amides is 4. The molecule has 3 aliphatic heterocycles. The molecule has 0 saturated carbocycles. The van der Waals surface area contributed by atoms with Crippen LogP contribution in [0.2, 0.25) is 0 Å². The Bertz CT molecular complexity index is 1470. The van der Waals surface area contributed by atoms with Crippen LogP contribution in [0.5, 0.6) is 0 Å². The first-order chi connectivity index (χ1) is 18.3. The predicted molar refractivity (Wildman–Crippen MR) is 143 cm³/mol. The van der Waals surface area contributed by atoms with E-state index in [4.69, 9.17) is 0 Å². The summed E-state index contributed by atoms with van der Waals surface area (Å²) < 4.78 is 1.87. The molecule has 3 atom stereocenters. The second-order valence-electron chi connectivity index (χ2n) is 10.9. The molecule has 2 aromatic carbocycles. The van der Waals surface area contributed by atoms with E-state index in [1.807, 2.05) is 47.9 Å². The standard InChI is InChI=1S/C30H30N4O4/c1-20-10-12-21(13-11-20)15-30(27(36)31-29(38)34(28(30)37)24-6-3-2-4-7-24)19-32-16-22-14-23(18-32)25-8-5-9-26(35)33(25)17-22/h2-13,22-23H,14-19H2,1H3,(H,31,36,38)/t22-,23+,30?/m1/s1. The molecule has 2 fully saturated rings. The summed E-state index contributed by atoms with van der Waals surface area (Å²) in [6.45, 7) is 4.11. The van der Waals surface area contributed by atoms with E-state index in [0.29, 0.717) is 25.3 Å². The van der Waals surface area contributed by atoms with Gasteiger partial charge in [-0.3, -0.25) is 19.7 Å². The van der Waals surface area contributed by atoms with Crippen molar-refractivity contribution < 1.29 is 14.4 Å². The van der Waals surface area contributed by atoms with Crippen molar-refractivity contribution in [2.24, 2.45) is 11.3 Å². The lowest BCUT2D eigenvalue weighted by Gasteiger charge is -2.47. The van der Waals surface area contributed by atoms with Gasteiger partial charge in [0.25, 0.3) is 11.5 Å². The molecule has 0 spiro atoms. The lowest BCUT2D eigenvalue weighted by molar-refractivity contribution is -0.144. The summed E-state index contributed by atoms with van der Waals surface area (Å²) in [6.07, 6.45) is 1.15. The quantitative estimate of drug-likeness (QED) is 0.533. The van der Waals surface area contributed by atoms with Crippen molar-refractivity contribution in [1.82, 2.24) is 14.8 Å². The van der Waals surface area contributed by atoms with Crippen LogP contribution in [0, 0.1) is 18.3 Å². The summed E-state index contributed by atoms with van der Waals surface area (Å²) in [7, 11) is 0. The van der Waals surface area contributed by atoms with Crippen LogP contribution in [0.15, 0.2) is 77.6 Å². The van der Waals surface area contributed by atoms with Crippen LogP contribution in [-0.4, -0.2) is 46.9 Å². The number of fused-ring (bicyclic) bond motifs is 4. The van der Waals surface area contributed by atoms with Crippen LogP contribution in [0.3, 0.4) is 0 Å². The fourth-order valence-electron chi connectivity index (χ4n) is 6.40. The Labute approximate surface area is 220 Å². The van der Waals surface area contributed by atoms with Crippen molar-refractivity contribution in [2.45, 2.75) is 32.2 Å². The summed E-state index contributed by atoms with van der Waals surface area (Å²) in [5.74, 6) is -0.689. The zero-order valence-corrected chi connectivity index (χ0v) is 21.3. The van der Waals surface area contributed by atoms with Crippen molar-refractivity contribution in [3.63, 3.8) is 0 Å². The van der Waals surface area contributed by atoms with Crippen molar-refractivity contribution in [3.8, 4) is 0 Å².